The summed E-state index contributed by atoms with van der Waals surface area (Å²) in [6, 6.07) is 0.797. The number of piperidine rings is 1. The van der Waals surface area contributed by atoms with Crippen LogP contribution in [0.4, 0.5) is 0 Å². The van der Waals surface area contributed by atoms with E-state index < -0.39 is 0 Å². The van der Waals surface area contributed by atoms with Crippen LogP contribution in [0.1, 0.15) is 19.3 Å². The van der Waals surface area contributed by atoms with Crippen LogP contribution in [0.25, 0.3) is 0 Å². The van der Waals surface area contributed by atoms with E-state index in [1.807, 2.05) is 0 Å². The van der Waals surface area contributed by atoms with Gasteiger partial charge in [0.15, 0.2) is 0 Å². The number of likely N-dealkylation sites (N-methyl/N-ethyl adjacent to an activating group) is 1. The molecular weight excluding hydrogens is 174 g/mol. The normalized spacial score (nSPS) is 37.5. The average Bonchev–Trinajstić information content (AvgIpc) is 2.51. The number of nitrogens with two attached hydrogens (primary N) is 1. The summed E-state index contributed by atoms with van der Waals surface area (Å²) in [6.07, 6.45) is 4.15. The zero-order chi connectivity index (χ0) is 9.97. The summed E-state index contributed by atoms with van der Waals surface area (Å²) in [4.78, 5) is 5.10. The molecule has 3 nitrogen and oxygen atoms in total. The van der Waals surface area contributed by atoms with Crippen LogP contribution >= 0.6 is 0 Å². The molecule has 0 aliphatic carbocycles. The fraction of sp³-hybridized carbons (Fsp3) is 1.00. The highest BCUT2D eigenvalue weighted by Crippen LogP contribution is 2.29. The van der Waals surface area contributed by atoms with E-state index in [1.165, 1.54) is 38.9 Å². The van der Waals surface area contributed by atoms with E-state index in [4.69, 9.17) is 5.73 Å². The predicted molar refractivity (Wildman–Crippen MR) is 59.3 cm³/mol. The molecule has 3 rings (SSSR count). The van der Waals surface area contributed by atoms with Crippen molar-refractivity contribution in [3.05, 3.63) is 0 Å². The summed E-state index contributed by atoms with van der Waals surface area (Å²) >= 11 is 0. The molecule has 3 heteroatoms. The van der Waals surface area contributed by atoms with Gasteiger partial charge >= 0.3 is 0 Å². The first-order valence-electron chi connectivity index (χ1n) is 5.94. The maximum absolute atomic E-state index is 5.62. The van der Waals surface area contributed by atoms with Gasteiger partial charge in [0, 0.05) is 19.1 Å². The van der Waals surface area contributed by atoms with Gasteiger partial charge in [-0.15, -0.1) is 0 Å². The predicted octanol–water partition coefficient (Wildman–Crippen LogP) is 0.361. The molecule has 3 aliphatic heterocycles. The topological polar surface area (TPSA) is 32.5 Å². The highest BCUT2D eigenvalue weighted by Gasteiger charge is 2.32. The van der Waals surface area contributed by atoms with Crippen LogP contribution in [-0.4, -0.2) is 55.6 Å². The Hall–Kier alpha value is -0.120. The standard InChI is InChI=1S/C11H23N3/c1-13(9-5-12)11-4-8-14-6-2-10(11)3-7-14/h10-11H,2-9,12H2,1H3. The van der Waals surface area contributed by atoms with Crippen molar-refractivity contribution in [1.29, 1.82) is 0 Å². The maximum Gasteiger partial charge on any atom is 0.0134 e. The van der Waals surface area contributed by atoms with Crippen LogP contribution in [-0.2, 0) is 0 Å². The third-order valence-electron chi connectivity index (χ3n) is 3.97. The highest BCUT2D eigenvalue weighted by atomic mass is 15.2. The lowest BCUT2D eigenvalue weighted by atomic mass is 9.90. The summed E-state index contributed by atoms with van der Waals surface area (Å²) in [5, 5.41) is 0. The lowest BCUT2D eigenvalue weighted by Crippen LogP contribution is -2.41. The fourth-order valence-corrected chi connectivity index (χ4v) is 3.06. The third kappa shape index (κ3) is 2.10. The number of hydrogen-bond donors (Lipinski definition) is 1. The van der Waals surface area contributed by atoms with Crippen molar-refractivity contribution in [3.8, 4) is 0 Å². The monoisotopic (exact) mass is 197 g/mol. The Morgan fingerprint density at radius 3 is 2.50 bits per heavy atom. The lowest BCUT2D eigenvalue weighted by Gasteiger charge is -2.34. The Morgan fingerprint density at radius 2 is 1.86 bits per heavy atom. The third-order valence-corrected chi connectivity index (χ3v) is 3.97. The van der Waals surface area contributed by atoms with Gasteiger partial charge in [0.05, 0.1) is 0 Å². The number of hydrogen-bond acceptors (Lipinski definition) is 3. The molecule has 1 atom stereocenters. The van der Waals surface area contributed by atoms with Crippen LogP contribution < -0.4 is 5.73 Å². The van der Waals surface area contributed by atoms with Crippen LogP contribution in [0.3, 0.4) is 0 Å². The molecule has 3 saturated heterocycles. The van der Waals surface area contributed by atoms with Crippen molar-refractivity contribution >= 4 is 0 Å². The van der Waals surface area contributed by atoms with E-state index in [0.717, 1.165) is 25.0 Å². The van der Waals surface area contributed by atoms with Crippen LogP contribution in [0.5, 0.6) is 0 Å². The van der Waals surface area contributed by atoms with E-state index in [0.29, 0.717) is 0 Å². The number of fused-ring (bicyclic) bond motifs is 4. The van der Waals surface area contributed by atoms with Gasteiger partial charge in [-0.25, -0.2) is 0 Å². The smallest absolute Gasteiger partial charge is 0.0134 e. The zero-order valence-corrected chi connectivity index (χ0v) is 9.28. The first kappa shape index (κ1) is 10.4. The molecule has 0 aromatic rings. The summed E-state index contributed by atoms with van der Waals surface area (Å²) in [5.74, 6) is 0.935. The van der Waals surface area contributed by atoms with Crippen LogP contribution in [0.2, 0.25) is 0 Å². The molecule has 2 N–H and O–H groups in total. The van der Waals surface area contributed by atoms with Crippen molar-refractivity contribution in [2.24, 2.45) is 11.7 Å². The molecule has 82 valence electrons. The second-order valence-electron chi connectivity index (χ2n) is 4.80. The van der Waals surface area contributed by atoms with E-state index in [-0.39, 0.29) is 0 Å². The summed E-state index contributed by atoms with van der Waals surface area (Å²) in [6.45, 7) is 5.82. The Morgan fingerprint density at radius 1 is 1.21 bits per heavy atom. The molecular formula is C11H23N3. The summed E-state index contributed by atoms with van der Waals surface area (Å²) in [5.41, 5.74) is 5.62. The maximum atomic E-state index is 5.62. The zero-order valence-electron chi connectivity index (χ0n) is 9.28. The van der Waals surface area contributed by atoms with Gasteiger partial charge in [0.25, 0.3) is 0 Å². The first-order chi connectivity index (χ1) is 6.81. The number of nitrogens with zero attached hydrogens (tertiary/aromatic N) is 2. The highest BCUT2D eigenvalue weighted by molar-refractivity contribution is 4.87. The minimum atomic E-state index is 0.795. The quantitative estimate of drug-likeness (QED) is 0.709. The minimum absolute atomic E-state index is 0.795. The van der Waals surface area contributed by atoms with Gasteiger partial charge in [0.1, 0.15) is 0 Å². The fourth-order valence-electron chi connectivity index (χ4n) is 3.06. The Labute approximate surface area is 87.2 Å². The molecule has 0 aromatic heterocycles. The van der Waals surface area contributed by atoms with Gasteiger partial charge in [-0.05, 0) is 51.9 Å². The summed E-state index contributed by atoms with van der Waals surface area (Å²) < 4.78 is 0. The van der Waals surface area contributed by atoms with Crippen molar-refractivity contribution in [1.82, 2.24) is 9.80 Å². The molecule has 2 bridgehead atoms. The second kappa shape index (κ2) is 4.60. The SMILES string of the molecule is CN(CCN)C1CCN2CCC1CC2. The average molecular weight is 197 g/mol. The molecule has 3 aliphatic rings. The van der Waals surface area contributed by atoms with Crippen molar-refractivity contribution in [3.63, 3.8) is 0 Å². The molecule has 0 amide bonds. The van der Waals surface area contributed by atoms with Gasteiger partial charge in [-0.3, -0.25) is 0 Å². The molecule has 0 spiro atoms. The Balaban J connectivity index is 1.96. The van der Waals surface area contributed by atoms with E-state index in [2.05, 4.69) is 16.8 Å². The second-order valence-corrected chi connectivity index (χ2v) is 4.80. The van der Waals surface area contributed by atoms with Gasteiger partial charge in [0.2, 0.25) is 0 Å². The molecule has 1 unspecified atom stereocenters. The molecule has 0 radical (unpaired) electrons. The molecule has 0 aromatic carbocycles. The van der Waals surface area contributed by atoms with E-state index in [1.54, 1.807) is 0 Å². The lowest BCUT2D eigenvalue weighted by molar-refractivity contribution is 0.155. The van der Waals surface area contributed by atoms with E-state index in [9.17, 15) is 0 Å². The van der Waals surface area contributed by atoms with Crippen molar-refractivity contribution in [2.45, 2.75) is 25.3 Å². The number of rotatable bonds is 3. The summed E-state index contributed by atoms with van der Waals surface area (Å²) in [7, 11) is 2.24. The van der Waals surface area contributed by atoms with Crippen molar-refractivity contribution in [2.75, 3.05) is 39.8 Å². The first-order valence-corrected chi connectivity index (χ1v) is 5.94. The molecule has 14 heavy (non-hydrogen) atoms. The van der Waals surface area contributed by atoms with Crippen LogP contribution in [0.15, 0.2) is 0 Å². The van der Waals surface area contributed by atoms with Gasteiger partial charge in [-0.2, -0.15) is 0 Å². The minimum Gasteiger partial charge on any atom is -0.329 e. The van der Waals surface area contributed by atoms with Gasteiger partial charge in [-0.1, -0.05) is 0 Å². The molecule has 3 heterocycles. The molecule has 0 saturated carbocycles. The van der Waals surface area contributed by atoms with Crippen molar-refractivity contribution < 1.29 is 0 Å². The van der Waals surface area contributed by atoms with Gasteiger partial charge < -0.3 is 15.5 Å². The molecule has 3 fully saturated rings. The Kier molecular flexibility index (Phi) is 3.42. The van der Waals surface area contributed by atoms with E-state index >= 15 is 0 Å². The Bertz CT molecular complexity index is 175. The largest absolute Gasteiger partial charge is 0.329 e. The van der Waals surface area contributed by atoms with Crippen LogP contribution in [0, 0.1) is 5.92 Å².